The third-order valence-corrected chi connectivity index (χ3v) is 4.27. The predicted octanol–water partition coefficient (Wildman–Crippen LogP) is 2.99. The molecule has 0 saturated carbocycles. The second-order valence-corrected chi connectivity index (χ2v) is 6.11. The lowest BCUT2D eigenvalue weighted by Crippen LogP contribution is -2.41. The van der Waals surface area contributed by atoms with Gasteiger partial charge in [-0.25, -0.2) is 0 Å². The van der Waals surface area contributed by atoms with Crippen molar-refractivity contribution >= 4 is 39.1 Å². The minimum Gasteiger partial charge on any atom is -0.492 e. The number of hydrogen-bond acceptors (Lipinski definition) is 5. The predicted molar refractivity (Wildman–Crippen MR) is 91.1 cm³/mol. The highest BCUT2D eigenvalue weighted by Crippen LogP contribution is 2.36. The average Bonchev–Trinajstić information content (AvgIpc) is 3.06. The molecule has 0 unspecified atom stereocenters. The van der Waals surface area contributed by atoms with Crippen molar-refractivity contribution in [2.45, 2.75) is 6.92 Å². The number of thiophene rings is 1. The zero-order valence-electron chi connectivity index (χ0n) is 12.5. The third kappa shape index (κ3) is 4.23. The van der Waals surface area contributed by atoms with Gasteiger partial charge in [-0.3, -0.25) is 20.4 Å². The van der Waals surface area contributed by atoms with Crippen LogP contribution in [0.5, 0.6) is 11.5 Å². The van der Waals surface area contributed by atoms with Gasteiger partial charge in [-0.1, -0.05) is 6.07 Å². The monoisotopic (exact) mass is 398 g/mol. The van der Waals surface area contributed by atoms with Gasteiger partial charge in [0.1, 0.15) is 0 Å². The van der Waals surface area contributed by atoms with E-state index in [1.807, 2.05) is 6.92 Å². The van der Waals surface area contributed by atoms with Crippen LogP contribution in [0.1, 0.15) is 27.0 Å². The second kappa shape index (κ2) is 7.98. The number of amides is 2. The van der Waals surface area contributed by atoms with Crippen LogP contribution >= 0.6 is 27.3 Å². The molecule has 0 fully saturated rings. The van der Waals surface area contributed by atoms with Crippen LogP contribution in [0.15, 0.2) is 34.1 Å². The lowest BCUT2D eigenvalue weighted by Gasteiger charge is -2.13. The Kier molecular flexibility index (Phi) is 6.00. The van der Waals surface area contributed by atoms with Crippen LogP contribution in [0.2, 0.25) is 0 Å². The Morgan fingerprint density at radius 2 is 2.00 bits per heavy atom. The first-order valence-electron chi connectivity index (χ1n) is 6.71. The number of carbonyl (C=O) groups is 2. The van der Waals surface area contributed by atoms with Gasteiger partial charge in [-0.05, 0) is 46.4 Å². The minimum atomic E-state index is -0.459. The summed E-state index contributed by atoms with van der Waals surface area (Å²) >= 11 is 4.62. The molecule has 23 heavy (non-hydrogen) atoms. The molecule has 1 aromatic heterocycles. The van der Waals surface area contributed by atoms with Gasteiger partial charge in [0.25, 0.3) is 11.8 Å². The number of ether oxygens (including phenoxy) is 2. The third-order valence-electron chi connectivity index (χ3n) is 2.81. The molecular formula is C15H15BrN2O4S. The lowest BCUT2D eigenvalue weighted by molar-refractivity contribution is 0.0848. The van der Waals surface area contributed by atoms with Gasteiger partial charge in [0, 0.05) is 5.56 Å². The summed E-state index contributed by atoms with van der Waals surface area (Å²) in [4.78, 5) is 24.5. The Balaban J connectivity index is 2.11. The summed E-state index contributed by atoms with van der Waals surface area (Å²) < 4.78 is 11.3. The number of benzene rings is 1. The molecule has 6 nitrogen and oxygen atoms in total. The van der Waals surface area contributed by atoms with Gasteiger partial charge in [0.2, 0.25) is 0 Å². The van der Waals surface area contributed by atoms with E-state index < -0.39 is 5.91 Å². The van der Waals surface area contributed by atoms with Gasteiger partial charge in [0.15, 0.2) is 11.5 Å². The molecule has 1 heterocycles. The van der Waals surface area contributed by atoms with Crippen molar-refractivity contribution in [2.24, 2.45) is 0 Å². The van der Waals surface area contributed by atoms with Gasteiger partial charge >= 0.3 is 0 Å². The SMILES string of the molecule is CCOc1cc(C(=O)NNC(=O)c2cccs2)cc(Br)c1OC. The largest absolute Gasteiger partial charge is 0.492 e. The molecule has 0 bridgehead atoms. The Morgan fingerprint density at radius 3 is 2.61 bits per heavy atom. The summed E-state index contributed by atoms with van der Waals surface area (Å²) in [6.45, 7) is 2.27. The average molecular weight is 399 g/mol. The minimum absolute atomic E-state index is 0.326. The van der Waals surface area contributed by atoms with Crippen LogP contribution in [-0.2, 0) is 0 Å². The van der Waals surface area contributed by atoms with E-state index in [0.717, 1.165) is 0 Å². The molecule has 0 aliphatic carbocycles. The molecule has 2 N–H and O–H groups in total. The number of halogens is 1. The van der Waals surface area contributed by atoms with Crippen molar-refractivity contribution < 1.29 is 19.1 Å². The van der Waals surface area contributed by atoms with Gasteiger partial charge in [-0.2, -0.15) is 0 Å². The molecule has 2 aromatic rings. The summed E-state index contributed by atoms with van der Waals surface area (Å²) in [5, 5.41) is 1.78. The number of rotatable bonds is 5. The first-order valence-corrected chi connectivity index (χ1v) is 8.38. The van der Waals surface area contributed by atoms with Crippen LogP contribution in [0.4, 0.5) is 0 Å². The molecular weight excluding hydrogens is 384 g/mol. The molecule has 0 radical (unpaired) electrons. The Morgan fingerprint density at radius 1 is 1.26 bits per heavy atom. The number of hydrogen-bond donors (Lipinski definition) is 2. The molecule has 0 atom stereocenters. The fourth-order valence-corrected chi connectivity index (χ4v) is 3.04. The highest BCUT2D eigenvalue weighted by molar-refractivity contribution is 9.10. The van der Waals surface area contributed by atoms with Crippen molar-refractivity contribution in [3.63, 3.8) is 0 Å². The van der Waals surface area contributed by atoms with E-state index in [4.69, 9.17) is 9.47 Å². The van der Waals surface area contributed by atoms with E-state index in [9.17, 15) is 9.59 Å². The van der Waals surface area contributed by atoms with Crippen molar-refractivity contribution in [1.29, 1.82) is 0 Å². The maximum Gasteiger partial charge on any atom is 0.279 e. The standard InChI is InChI=1S/C15H15BrN2O4S/c1-3-22-11-8-9(7-10(16)13(11)21-2)14(19)17-18-15(20)12-5-4-6-23-12/h4-8H,3H2,1-2H3,(H,17,19)(H,18,20). The van der Waals surface area contributed by atoms with Gasteiger partial charge in [-0.15, -0.1) is 11.3 Å². The molecule has 8 heteroatoms. The van der Waals surface area contributed by atoms with Crippen molar-refractivity contribution in [2.75, 3.05) is 13.7 Å². The number of hydrazine groups is 1. The van der Waals surface area contributed by atoms with E-state index in [1.54, 1.807) is 29.6 Å². The number of carbonyl (C=O) groups excluding carboxylic acids is 2. The van der Waals surface area contributed by atoms with Crippen LogP contribution in [-0.4, -0.2) is 25.5 Å². The molecule has 0 aliphatic heterocycles. The summed E-state index contributed by atoms with van der Waals surface area (Å²) in [5.74, 6) is 0.121. The molecule has 0 saturated heterocycles. The van der Waals surface area contributed by atoms with E-state index in [2.05, 4.69) is 26.8 Å². The molecule has 122 valence electrons. The first-order chi connectivity index (χ1) is 11.1. The quantitative estimate of drug-likeness (QED) is 0.758. The molecule has 1 aromatic carbocycles. The topological polar surface area (TPSA) is 76.7 Å². The van der Waals surface area contributed by atoms with Gasteiger partial charge in [0.05, 0.1) is 23.1 Å². The van der Waals surface area contributed by atoms with Crippen LogP contribution in [0, 0.1) is 0 Å². The Bertz CT molecular complexity index is 704. The molecule has 0 spiro atoms. The van der Waals surface area contributed by atoms with Crippen LogP contribution < -0.4 is 20.3 Å². The number of methoxy groups -OCH3 is 1. The van der Waals surface area contributed by atoms with E-state index in [-0.39, 0.29) is 5.91 Å². The molecule has 2 rings (SSSR count). The summed E-state index contributed by atoms with van der Waals surface area (Å²) in [5.41, 5.74) is 5.07. The molecule has 0 aliphatic rings. The summed E-state index contributed by atoms with van der Waals surface area (Å²) in [6.07, 6.45) is 0. The highest BCUT2D eigenvalue weighted by Gasteiger charge is 2.16. The van der Waals surface area contributed by atoms with Crippen LogP contribution in [0.25, 0.3) is 0 Å². The maximum absolute atomic E-state index is 12.2. The fourth-order valence-electron chi connectivity index (χ4n) is 1.82. The fraction of sp³-hybridized carbons (Fsp3) is 0.200. The van der Waals surface area contributed by atoms with Crippen molar-refractivity contribution in [1.82, 2.24) is 10.9 Å². The van der Waals surface area contributed by atoms with Crippen molar-refractivity contribution in [3.8, 4) is 11.5 Å². The van der Waals surface area contributed by atoms with E-state index >= 15 is 0 Å². The zero-order valence-corrected chi connectivity index (χ0v) is 14.9. The Hall–Kier alpha value is -2.06. The number of nitrogens with one attached hydrogen (secondary N) is 2. The lowest BCUT2D eigenvalue weighted by atomic mass is 10.2. The van der Waals surface area contributed by atoms with Gasteiger partial charge < -0.3 is 9.47 Å². The van der Waals surface area contributed by atoms with Crippen molar-refractivity contribution in [3.05, 3.63) is 44.6 Å². The highest BCUT2D eigenvalue weighted by atomic mass is 79.9. The second-order valence-electron chi connectivity index (χ2n) is 4.31. The summed E-state index contributed by atoms with van der Waals surface area (Å²) in [7, 11) is 1.52. The molecule has 2 amide bonds. The zero-order chi connectivity index (χ0) is 16.8. The maximum atomic E-state index is 12.2. The Labute approximate surface area is 145 Å². The first kappa shape index (κ1) is 17.3. The van der Waals surface area contributed by atoms with E-state index in [1.165, 1.54) is 18.4 Å². The summed E-state index contributed by atoms with van der Waals surface area (Å²) in [6, 6.07) is 6.58. The smallest absolute Gasteiger partial charge is 0.279 e. The van der Waals surface area contributed by atoms with Crippen LogP contribution in [0.3, 0.4) is 0 Å². The normalized spacial score (nSPS) is 10.0. The van der Waals surface area contributed by atoms with E-state index in [0.29, 0.717) is 33.0 Å².